The van der Waals surface area contributed by atoms with Gasteiger partial charge in [-0.2, -0.15) is 0 Å². The maximum Gasteiger partial charge on any atom is 0.335 e. The molecule has 8 heteroatoms. The van der Waals surface area contributed by atoms with Gasteiger partial charge in [0.2, 0.25) is 0 Å². The highest BCUT2D eigenvalue weighted by Crippen LogP contribution is 2.20. The number of hydrogen-bond acceptors (Lipinski definition) is 6. The number of nitro benzene ring substituents is 1. The number of rotatable bonds is 5. The Hall–Kier alpha value is -2.40. The number of nitrogens with zero attached hydrogens (tertiary/aromatic N) is 1. The fraction of sp³-hybridized carbons (Fsp3) is 0.182. The third-order valence-electron chi connectivity index (χ3n) is 2.07. The molecule has 0 aromatic heterocycles. The second kappa shape index (κ2) is 5.97. The van der Waals surface area contributed by atoms with Gasteiger partial charge in [-0.15, -0.1) is 0 Å². The average molecular weight is 283 g/mol. The van der Waals surface area contributed by atoms with Gasteiger partial charge in [-0.3, -0.25) is 10.1 Å². The van der Waals surface area contributed by atoms with Gasteiger partial charge in [0.25, 0.3) is 5.69 Å². The molecule has 0 spiro atoms. The van der Waals surface area contributed by atoms with Crippen LogP contribution in [0.15, 0.2) is 24.3 Å². The Labute approximate surface area is 109 Å². The van der Waals surface area contributed by atoms with Crippen LogP contribution >= 0.6 is 0 Å². The molecule has 0 aliphatic carbocycles. The summed E-state index contributed by atoms with van der Waals surface area (Å²) in [7, 11) is -3.89. The number of carbonyl (C=O) groups excluding carboxylic acids is 1. The molecule has 0 heterocycles. The lowest BCUT2D eigenvalue weighted by Crippen LogP contribution is -2.19. The molecule has 0 saturated carbocycles. The fourth-order valence-corrected chi connectivity index (χ4v) is 2.61. The Balaban J connectivity index is 2.94. The van der Waals surface area contributed by atoms with Gasteiger partial charge in [0, 0.05) is 11.6 Å². The highest BCUT2D eigenvalue weighted by Gasteiger charge is 2.23. The summed E-state index contributed by atoms with van der Waals surface area (Å²) < 4.78 is 27.4. The van der Waals surface area contributed by atoms with Gasteiger partial charge < -0.3 is 4.74 Å². The number of hydrogen-bond donors (Lipinski definition) is 0. The Kier molecular flexibility index (Phi) is 4.61. The van der Waals surface area contributed by atoms with Crippen LogP contribution in [0.1, 0.15) is 5.56 Å². The molecular weight excluding hydrogens is 274 g/mol. The third kappa shape index (κ3) is 4.40. The first-order chi connectivity index (χ1) is 8.85. The summed E-state index contributed by atoms with van der Waals surface area (Å²) in [4.78, 5) is 21.0. The van der Waals surface area contributed by atoms with Gasteiger partial charge in [0.05, 0.1) is 10.7 Å². The molecule has 0 bridgehead atoms. The molecule has 0 aliphatic heterocycles. The summed E-state index contributed by atoms with van der Waals surface area (Å²) in [5.74, 6) is -2.66. The summed E-state index contributed by atoms with van der Waals surface area (Å²) in [6.45, 7) is 0. The van der Waals surface area contributed by atoms with Crippen LogP contribution in [-0.4, -0.2) is 25.1 Å². The molecule has 0 fully saturated rings. The van der Waals surface area contributed by atoms with Gasteiger partial charge in [-0.1, -0.05) is 24.6 Å². The zero-order chi connectivity index (χ0) is 14.5. The third-order valence-corrected chi connectivity index (χ3v) is 3.50. The highest BCUT2D eigenvalue weighted by molar-refractivity contribution is 7.91. The molecule has 1 aromatic carbocycles. The molecule has 7 nitrogen and oxygen atoms in total. The van der Waals surface area contributed by atoms with Crippen LogP contribution in [0.25, 0.3) is 0 Å². The minimum absolute atomic E-state index is 0.000933. The first-order valence-electron chi connectivity index (χ1n) is 4.93. The standard InChI is InChI=1S/C11H9NO6S/c1-2-18-11(13)8-19(16,17)7-9-5-3-4-6-10(9)12(14)15/h1,3-6H,7-8H2. The minimum Gasteiger partial charge on any atom is -0.372 e. The lowest BCUT2D eigenvalue weighted by atomic mass is 10.2. The molecule has 0 saturated heterocycles. The van der Waals surface area contributed by atoms with Crippen molar-refractivity contribution in [2.75, 3.05) is 5.75 Å². The van der Waals surface area contributed by atoms with Gasteiger partial charge >= 0.3 is 5.97 Å². The summed E-state index contributed by atoms with van der Waals surface area (Å²) in [5, 5.41) is 10.7. The van der Waals surface area contributed by atoms with Crippen molar-refractivity contribution in [3.8, 4) is 12.5 Å². The Morgan fingerprint density at radius 2 is 2.05 bits per heavy atom. The normalized spacial score (nSPS) is 10.5. The number of benzene rings is 1. The Bertz CT molecular complexity index is 643. The molecule has 100 valence electrons. The zero-order valence-corrected chi connectivity index (χ0v) is 10.4. The van der Waals surface area contributed by atoms with Crippen LogP contribution in [-0.2, 0) is 25.1 Å². The molecule has 0 aliphatic rings. The highest BCUT2D eigenvalue weighted by atomic mass is 32.2. The van der Waals surface area contributed by atoms with Gasteiger partial charge in [-0.05, 0) is 0 Å². The first kappa shape index (κ1) is 14.7. The summed E-state index contributed by atoms with van der Waals surface area (Å²) in [6, 6.07) is 5.38. The lowest BCUT2D eigenvalue weighted by molar-refractivity contribution is -0.385. The van der Waals surface area contributed by atoms with E-state index in [4.69, 9.17) is 0 Å². The van der Waals surface area contributed by atoms with E-state index in [0.717, 1.165) is 0 Å². The number of carbonyl (C=O) groups is 1. The second-order valence-electron chi connectivity index (χ2n) is 3.51. The van der Waals surface area contributed by atoms with Crippen molar-refractivity contribution in [2.45, 2.75) is 5.75 Å². The number of para-hydroxylation sites is 1. The molecule has 1 rings (SSSR count). The molecule has 0 atom stereocenters. The predicted molar refractivity (Wildman–Crippen MR) is 65.5 cm³/mol. The van der Waals surface area contributed by atoms with Crippen LogP contribution in [0.4, 0.5) is 5.69 Å². The van der Waals surface area contributed by atoms with Gasteiger partial charge in [-0.25, -0.2) is 13.2 Å². The minimum atomic E-state index is -3.89. The second-order valence-corrected chi connectivity index (χ2v) is 5.57. The smallest absolute Gasteiger partial charge is 0.335 e. The maximum absolute atomic E-state index is 11.7. The quantitative estimate of drug-likeness (QED) is 0.340. The van der Waals surface area contributed by atoms with E-state index in [0.29, 0.717) is 0 Å². The number of nitro groups is 1. The van der Waals surface area contributed by atoms with Crippen LogP contribution in [0.5, 0.6) is 0 Å². The van der Waals surface area contributed by atoms with E-state index in [2.05, 4.69) is 11.2 Å². The van der Waals surface area contributed by atoms with E-state index in [1.54, 1.807) is 6.11 Å². The largest absolute Gasteiger partial charge is 0.372 e. The number of terminal acetylenes is 1. The number of esters is 1. The average Bonchev–Trinajstić information content (AvgIpc) is 2.28. The van der Waals surface area contributed by atoms with Crippen LogP contribution in [0, 0.1) is 22.6 Å². The van der Waals surface area contributed by atoms with E-state index in [-0.39, 0.29) is 11.3 Å². The van der Waals surface area contributed by atoms with Crippen LogP contribution in [0.2, 0.25) is 0 Å². The zero-order valence-electron chi connectivity index (χ0n) is 9.61. The van der Waals surface area contributed by atoms with E-state index in [1.165, 1.54) is 24.3 Å². The molecular formula is C11H9NO6S. The van der Waals surface area contributed by atoms with Crippen molar-refractivity contribution < 1.29 is 22.9 Å². The molecule has 0 amide bonds. The van der Waals surface area contributed by atoms with Gasteiger partial charge in [0.15, 0.2) is 9.84 Å². The Morgan fingerprint density at radius 3 is 2.63 bits per heavy atom. The molecule has 0 radical (unpaired) electrons. The molecule has 0 unspecified atom stereocenters. The van der Waals surface area contributed by atoms with E-state index in [1.807, 2.05) is 0 Å². The van der Waals surface area contributed by atoms with E-state index >= 15 is 0 Å². The number of sulfone groups is 1. The van der Waals surface area contributed by atoms with Gasteiger partial charge in [0.1, 0.15) is 11.9 Å². The van der Waals surface area contributed by atoms with E-state index in [9.17, 15) is 23.3 Å². The summed E-state index contributed by atoms with van der Waals surface area (Å²) in [5.41, 5.74) is -0.322. The van der Waals surface area contributed by atoms with Crippen molar-refractivity contribution in [1.29, 1.82) is 0 Å². The topological polar surface area (TPSA) is 104 Å². The maximum atomic E-state index is 11.7. The summed E-state index contributed by atoms with van der Waals surface area (Å²) in [6.07, 6.45) is 6.25. The monoisotopic (exact) mass is 283 g/mol. The fourth-order valence-electron chi connectivity index (χ4n) is 1.37. The molecule has 19 heavy (non-hydrogen) atoms. The van der Waals surface area contributed by atoms with Crippen molar-refractivity contribution in [3.63, 3.8) is 0 Å². The van der Waals surface area contributed by atoms with Crippen molar-refractivity contribution in [3.05, 3.63) is 39.9 Å². The van der Waals surface area contributed by atoms with Crippen molar-refractivity contribution in [1.82, 2.24) is 0 Å². The SMILES string of the molecule is C#COC(=O)CS(=O)(=O)Cc1ccccc1[N+](=O)[O-]. The van der Waals surface area contributed by atoms with Crippen LogP contribution < -0.4 is 0 Å². The summed E-state index contributed by atoms with van der Waals surface area (Å²) >= 11 is 0. The van der Waals surface area contributed by atoms with Crippen molar-refractivity contribution >= 4 is 21.5 Å². The predicted octanol–water partition coefficient (Wildman–Crippen LogP) is 0.644. The number of ether oxygens (including phenoxy) is 1. The molecule has 1 aromatic rings. The first-order valence-corrected chi connectivity index (χ1v) is 6.76. The molecule has 0 N–H and O–H groups in total. The Morgan fingerprint density at radius 1 is 1.42 bits per heavy atom. The van der Waals surface area contributed by atoms with Crippen LogP contribution in [0.3, 0.4) is 0 Å². The van der Waals surface area contributed by atoms with E-state index < -0.39 is 32.2 Å². The lowest BCUT2D eigenvalue weighted by Gasteiger charge is -2.03. The van der Waals surface area contributed by atoms with Crippen molar-refractivity contribution in [2.24, 2.45) is 0 Å².